The number of hydrogen-bond donors (Lipinski definition) is 1. The SMILES string of the molecule is COc1cc(CN(CC(O)COC(C)(C)C)C(C)C)cc(OC)c1. The molecule has 0 amide bonds. The van der Waals surface area contributed by atoms with Gasteiger partial charge in [0.15, 0.2) is 0 Å². The molecule has 1 rings (SSSR count). The molecule has 0 radical (unpaired) electrons. The van der Waals surface area contributed by atoms with E-state index in [1.54, 1.807) is 14.2 Å². The molecule has 24 heavy (non-hydrogen) atoms. The molecule has 0 aliphatic carbocycles. The van der Waals surface area contributed by atoms with E-state index in [1.807, 2.05) is 39.0 Å². The van der Waals surface area contributed by atoms with E-state index in [1.165, 1.54) is 0 Å². The molecule has 1 aromatic rings. The Morgan fingerprint density at radius 1 is 1.04 bits per heavy atom. The molecule has 1 atom stereocenters. The molecule has 0 fully saturated rings. The molecule has 0 aliphatic heterocycles. The van der Waals surface area contributed by atoms with Gasteiger partial charge in [-0.05, 0) is 52.3 Å². The topological polar surface area (TPSA) is 51.2 Å². The third-order valence-corrected chi connectivity index (χ3v) is 3.68. The zero-order valence-electron chi connectivity index (χ0n) is 16.1. The molecular formula is C19H33NO4. The van der Waals surface area contributed by atoms with Gasteiger partial charge >= 0.3 is 0 Å². The van der Waals surface area contributed by atoms with Gasteiger partial charge in [0, 0.05) is 25.2 Å². The van der Waals surface area contributed by atoms with Crippen molar-refractivity contribution in [3.63, 3.8) is 0 Å². The molecule has 138 valence electrons. The highest BCUT2D eigenvalue weighted by atomic mass is 16.5. The summed E-state index contributed by atoms with van der Waals surface area (Å²) in [7, 11) is 3.29. The molecule has 5 nitrogen and oxygen atoms in total. The Labute approximate surface area is 146 Å². The number of nitrogens with zero attached hydrogens (tertiary/aromatic N) is 1. The van der Waals surface area contributed by atoms with Crippen LogP contribution in [0.15, 0.2) is 18.2 Å². The molecule has 1 unspecified atom stereocenters. The number of hydrogen-bond acceptors (Lipinski definition) is 5. The predicted octanol–water partition coefficient (Wildman–Crippen LogP) is 3.09. The lowest BCUT2D eigenvalue weighted by Gasteiger charge is -2.30. The molecule has 1 N–H and O–H groups in total. The number of rotatable bonds is 9. The Hall–Kier alpha value is -1.30. The van der Waals surface area contributed by atoms with Crippen LogP contribution in [0, 0.1) is 0 Å². The van der Waals surface area contributed by atoms with Gasteiger partial charge in [-0.25, -0.2) is 0 Å². The van der Waals surface area contributed by atoms with Crippen LogP contribution >= 0.6 is 0 Å². The summed E-state index contributed by atoms with van der Waals surface area (Å²) in [6.45, 7) is 11.8. The smallest absolute Gasteiger partial charge is 0.122 e. The largest absolute Gasteiger partial charge is 0.497 e. The summed E-state index contributed by atoms with van der Waals surface area (Å²) in [4.78, 5) is 2.21. The Balaban J connectivity index is 2.75. The first-order valence-corrected chi connectivity index (χ1v) is 8.42. The average molecular weight is 339 g/mol. The normalized spacial score (nSPS) is 13.4. The minimum Gasteiger partial charge on any atom is -0.497 e. The molecular weight excluding hydrogens is 306 g/mol. The van der Waals surface area contributed by atoms with Gasteiger partial charge in [0.2, 0.25) is 0 Å². The van der Waals surface area contributed by atoms with Crippen molar-refractivity contribution >= 4 is 0 Å². The average Bonchev–Trinajstić information content (AvgIpc) is 2.51. The molecule has 5 heteroatoms. The lowest BCUT2D eigenvalue weighted by molar-refractivity contribution is -0.0587. The highest BCUT2D eigenvalue weighted by Gasteiger charge is 2.19. The van der Waals surface area contributed by atoms with Crippen LogP contribution in [0.1, 0.15) is 40.2 Å². The van der Waals surface area contributed by atoms with E-state index >= 15 is 0 Å². The lowest BCUT2D eigenvalue weighted by atomic mass is 10.1. The third-order valence-electron chi connectivity index (χ3n) is 3.68. The molecule has 1 aromatic carbocycles. The van der Waals surface area contributed by atoms with Crippen molar-refractivity contribution in [2.24, 2.45) is 0 Å². The Kier molecular flexibility index (Phi) is 8.00. The second kappa shape index (κ2) is 9.25. The van der Waals surface area contributed by atoms with E-state index in [9.17, 15) is 5.11 Å². The lowest BCUT2D eigenvalue weighted by Crippen LogP contribution is -2.40. The van der Waals surface area contributed by atoms with E-state index in [0.717, 1.165) is 17.1 Å². The number of aliphatic hydroxyl groups excluding tert-OH is 1. The summed E-state index contributed by atoms with van der Waals surface area (Å²) >= 11 is 0. The van der Waals surface area contributed by atoms with E-state index in [2.05, 4.69) is 18.7 Å². The predicted molar refractivity (Wildman–Crippen MR) is 96.8 cm³/mol. The molecule has 0 bridgehead atoms. The van der Waals surface area contributed by atoms with Gasteiger partial charge in [0.25, 0.3) is 0 Å². The van der Waals surface area contributed by atoms with Crippen LogP contribution in [0.25, 0.3) is 0 Å². The summed E-state index contributed by atoms with van der Waals surface area (Å²) in [5.41, 5.74) is 0.841. The quantitative estimate of drug-likeness (QED) is 0.749. The second-order valence-electron chi connectivity index (χ2n) is 7.32. The Morgan fingerprint density at radius 3 is 2.00 bits per heavy atom. The molecule has 0 aromatic heterocycles. The Morgan fingerprint density at radius 2 is 1.58 bits per heavy atom. The number of methoxy groups -OCH3 is 2. The standard InChI is InChI=1S/C19H33NO4/c1-14(2)20(12-16(21)13-24-19(3,4)5)11-15-8-17(22-6)10-18(9-15)23-7/h8-10,14,16,21H,11-13H2,1-7H3. The van der Waals surface area contributed by atoms with E-state index < -0.39 is 6.10 Å². The van der Waals surface area contributed by atoms with E-state index in [0.29, 0.717) is 25.7 Å². The van der Waals surface area contributed by atoms with Gasteiger partial charge in [-0.15, -0.1) is 0 Å². The van der Waals surface area contributed by atoms with Gasteiger partial charge < -0.3 is 19.3 Å². The fourth-order valence-corrected chi connectivity index (χ4v) is 2.32. The maximum atomic E-state index is 10.3. The van der Waals surface area contributed by atoms with Gasteiger partial charge in [-0.2, -0.15) is 0 Å². The van der Waals surface area contributed by atoms with Crippen molar-refractivity contribution in [3.8, 4) is 11.5 Å². The third kappa shape index (κ3) is 7.51. The van der Waals surface area contributed by atoms with Crippen LogP contribution in [-0.2, 0) is 11.3 Å². The summed E-state index contributed by atoms with van der Waals surface area (Å²) < 4.78 is 16.3. The maximum Gasteiger partial charge on any atom is 0.122 e. The van der Waals surface area contributed by atoms with Crippen molar-refractivity contribution in [2.75, 3.05) is 27.4 Å². The van der Waals surface area contributed by atoms with Crippen LogP contribution in [0.2, 0.25) is 0 Å². The first-order valence-electron chi connectivity index (χ1n) is 8.42. The van der Waals surface area contributed by atoms with Gasteiger partial charge in [-0.1, -0.05) is 0 Å². The van der Waals surface area contributed by atoms with E-state index in [4.69, 9.17) is 14.2 Å². The summed E-state index contributed by atoms with van der Waals surface area (Å²) in [5.74, 6) is 1.54. The van der Waals surface area contributed by atoms with Crippen molar-refractivity contribution in [2.45, 2.75) is 58.9 Å². The fourth-order valence-electron chi connectivity index (χ4n) is 2.32. The van der Waals surface area contributed by atoms with Crippen LogP contribution < -0.4 is 9.47 Å². The van der Waals surface area contributed by atoms with Gasteiger partial charge in [-0.3, -0.25) is 4.90 Å². The van der Waals surface area contributed by atoms with Crippen LogP contribution in [0.5, 0.6) is 11.5 Å². The molecule has 0 saturated heterocycles. The van der Waals surface area contributed by atoms with Crippen molar-refractivity contribution in [1.29, 1.82) is 0 Å². The first kappa shape index (κ1) is 20.7. The number of ether oxygens (including phenoxy) is 3. The van der Waals surface area contributed by atoms with Crippen molar-refractivity contribution in [3.05, 3.63) is 23.8 Å². The van der Waals surface area contributed by atoms with Crippen LogP contribution in [-0.4, -0.2) is 55.1 Å². The number of aliphatic hydroxyl groups is 1. The Bertz CT molecular complexity index is 474. The maximum absolute atomic E-state index is 10.3. The zero-order chi connectivity index (χ0) is 18.3. The number of benzene rings is 1. The highest BCUT2D eigenvalue weighted by Crippen LogP contribution is 2.24. The summed E-state index contributed by atoms with van der Waals surface area (Å²) in [6, 6.07) is 6.15. The fraction of sp³-hybridized carbons (Fsp3) is 0.684. The molecule has 0 saturated carbocycles. The minimum atomic E-state index is -0.529. The van der Waals surface area contributed by atoms with Crippen LogP contribution in [0.3, 0.4) is 0 Å². The van der Waals surface area contributed by atoms with Crippen molar-refractivity contribution in [1.82, 2.24) is 4.90 Å². The summed E-state index contributed by atoms with van der Waals surface area (Å²) in [5, 5.41) is 10.3. The molecule has 0 aliphatic rings. The second-order valence-corrected chi connectivity index (χ2v) is 7.32. The van der Waals surface area contributed by atoms with Crippen LogP contribution in [0.4, 0.5) is 0 Å². The summed E-state index contributed by atoms with van der Waals surface area (Å²) in [6.07, 6.45) is -0.529. The molecule has 0 spiro atoms. The minimum absolute atomic E-state index is 0.246. The van der Waals surface area contributed by atoms with E-state index in [-0.39, 0.29) is 5.60 Å². The first-order chi connectivity index (χ1) is 11.1. The van der Waals surface area contributed by atoms with Gasteiger partial charge in [0.05, 0.1) is 32.5 Å². The van der Waals surface area contributed by atoms with Gasteiger partial charge in [0.1, 0.15) is 11.5 Å². The highest BCUT2D eigenvalue weighted by molar-refractivity contribution is 5.38. The molecule has 0 heterocycles. The zero-order valence-corrected chi connectivity index (χ0v) is 16.1. The van der Waals surface area contributed by atoms with Crippen molar-refractivity contribution < 1.29 is 19.3 Å². The monoisotopic (exact) mass is 339 g/mol.